The van der Waals surface area contributed by atoms with Crippen LogP contribution in [0.3, 0.4) is 0 Å². The van der Waals surface area contributed by atoms with Gasteiger partial charge in [-0.25, -0.2) is 23.2 Å². The first-order chi connectivity index (χ1) is 13.9. The van der Waals surface area contributed by atoms with Crippen molar-refractivity contribution in [1.29, 1.82) is 0 Å². The third-order valence-electron chi connectivity index (χ3n) is 4.29. The Balaban J connectivity index is 1.71. The molecule has 0 spiro atoms. The Morgan fingerprint density at radius 3 is 2.76 bits per heavy atom. The van der Waals surface area contributed by atoms with Gasteiger partial charge in [0.2, 0.25) is 0 Å². The molecule has 4 rings (SSSR count). The van der Waals surface area contributed by atoms with Crippen molar-refractivity contribution in [1.82, 2.24) is 14.8 Å². The first-order valence-electron chi connectivity index (χ1n) is 8.46. The van der Waals surface area contributed by atoms with Gasteiger partial charge in [-0.3, -0.25) is 0 Å². The number of pyridine rings is 1. The molecule has 0 saturated carbocycles. The molecular weight excluding hydrogens is 382 g/mol. The highest BCUT2D eigenvalue weighted by atomic mass is 19.1. The first-order valence-corrected chi connectivity index (χ1v) is 8.46. The van der Waals surface area contributed by atoms with Gasteiger partial charge in [-0.2, -0.15) is 5.10 Å². The molecule has 0 aliphatic rings. The largest absolute Gasteiger partial charge is 0.485 e. The maximum Gasteiger partial charge on any atom is 0.335 e. The second-order valence-corrected chi connectivity index (χ2v) is 6.22. The second kappa shape index (κ2) is 7.19. The van der Waals surface area contributed by atoms with E-state index in [2.05, 4.69) is 10.1 Å². The number of nitrogen functional groups attached to an aromatic ring is 1. The molecule has 0 atom stereocenters. The zero-order valence-electron chi connectivity index (χ0n) is 14.8. The molecule has 2 heterocycles. The van der Waals surface area contributed by atoms with Crippen LogP contribution in [0, 0.1) is 11.6 Å². The van der Waals surface area contributed by atoms with Crippen molar-refractivity contribution >= 4 is 22.7 Å². The maximum atomic E-state index is 13.9. The molecule has 0 aliphatic heterocycles. The van der Waals surface area contributed by atoms with Gasteiger partial charge in [0.05, 0.1) is 11.3 Å². The molecule has 0 unspecified atom stereocenters. The number of halogens is 2. The zero-order valence-corrected chi connectivity index (χ0v) is 14.8. The minimum absolute atomic E-state index is 0.0640. The lowest BCUT2D eigenvalue weighted by atomic mass is 10.1. The van der Waals surface area contributed by atoms with E-state index in [0.717, 1.165) is 12.1 Å². The molecule has 7 nitrogen and oxygen atoms in total. The number of hydrogen-bond acceptors (Lipinski definition) is 5. The lowest BCUT2D eigenvalue weighted by Crippen LogP contribution is -2.08. The van der Waals surface area contributed by atoms with E-state index in [4.69, 9.17) is 10.5 Å². The average Bonchev–Trinajstić information content (AvgIpc) is 3.21. The van der Waals surface area contributed by atoms with Crippen LogP contribution in [0.25, 0.3) is 16.6 Å². The molecule has 0 amide bonds. The van der Waals surface area contributed by atoms with Crippen LogP contribution in [-0.4, -0.2) is 25.8 Å². The van der Waals surface area contributed by atoms with Crippen LogP contribution < -0.4 is 10.5 Å². The van der Waals surface area contributed by atoms with E-state index in [-0.39, 0.29) is 34.6 Å². The van der Waals surface area contributed by atoms with Crippen LogP contribution in [0.5, 0.6) is 5.75 Å². The minimum Gasteiger partial charge on any atom is -0.485 e. The van der Waals surface area contributed by atoms with Gasteiger partial charge in [0.1, 0.15) is 17.9 Å². The highest BCUT2D eigenvalue weighted by Crippen LogP contribution is 2.28. The number of carboxylic acids is 1. The Morgan fingerprint density at radius 1 is 1.21 bits per heavy atom. The highest BCUT2D eigenvalue weighted by Gasteiger charge is 2.14. The van der Waals surface area contributed by atoms with E-state index in [0.29, 0.717) is 11.3 Å². The van der Waals surface area contributed by atoms with E-state index in [1.807, 2.05) is 0 Å². The second-order valence-electron chi connectivity index (χ2n) is 6.22. The third kappa shape index (κ3) is 3.57. The number of carbonyl (C=O) groups is 1. The van der Waals surface area contributed by atoms with Crippen molar-refractivity contribution in [2.45, 2.75) is 6.61 Å². The van der Waals surface area contributed by atoms with Crippen molar-refractivity contribution in [3.05, 3.63) is 77.6 Å². The molecule has 0 saturated heterocycles. The predicted molar refractivity (Wildman–Crippen MR) is 101 cm³/mol. The van der Waals surface area contributed by atoms with Crippen molar-refractivity contribution < 1.29 is 23.4 Å². The molecule has 0 bridgehead atoms. The summed E-state index contributed by atoms with van der Waals surface area (Å²) in [7, 11) is 0. The number of nitrogens with two attached hydrogens (primary N) is 1. The lowest BCUT2D eigenvalue weighted by molar-refractivity contribution is 0.0696. The van der Waals surface area contributed by atoms with E-state index >= 15 is 0 Å². The number of aromatic nitrogens is 3. The molecule has 146 valence electrons. The lowest BCUT2D eigenvalue weighted by Gasteiger charge is -2.14. The standard InChI is InChI=1S/C20H14F2N4O3/c21-14-7-12-8-17(19(23)25-18(12)15(22)9-14)29-10-13-6-11(20(27)28)2-3-16(13)26-5-1-4-24-26/h1-9H,10H2,(H2,23,25)(H,27,28). The van der Waals surface area contributed by atoms with Gasteiger partial charge < -0.3 is 15.6 Å². The maximum absolute atomic E-state index is 13.9. The Hall–Kier alpha value is -4.01. The number of rotatable bonds is 5. The molecule has 2 aromatic heterocycles. The van der Waals surface area contributed by atoms with Crippen molar-refractivity contribution in [3.8, 4) is 11.4 Å². The van der Waals surface area contributed by atoms with E-state index < -0.39 is 17.6 Å². The van der Waals surface area contributed by atoms with Gasteiger partial charge in [-0.1, -0.05) is 0 Å². The average molecular weight is 396 g/mol. The van der Waals surface area contributed by atoms with Crippen LogP contribution in [0.1, 0.15) is 15.9 Å². The molecule has 9 heteroatoms. The van der Waals surface area contributed by atoms with E-state index in [1.165, 1.54) is 18.2 Å². The van der Waals surface area contributed by atoms with E-state index in [9.17, 15) is 18.7 Å². The van der Waals surface area contributed by atoms with Crippen LogP contribution in [0.15, 0.2) is 54.9 Å². The zero-order chi connectivity index (χ0) is 20.5. The summed E-state index contributed by atoms with van der Waals surface area (Å²) in [5.74, 6) is -2.61. The third-order valence-corrected chi connectivity index (χ3v) is 4.29. The summed E-state index contributed by atoms with van der Waals surface area (Å²) < 4.78 is 34.7. The number of hydrogen-bond donors (Lipinski definition) is 2. The smallest absolute Gasteiger partial charge is 0.335 e. The number of benzene rings is 2. The summed E-state index contributed by atoms with van der Waals surface area (Å²) in [6.45, 7) is -0.0640. The van der Waals surface area contributed by atoms with Crippen molar-refractivity contribution in [3.63, 3.8) is 0 Å². The van der Waals surface area contributed by atoms with Gasteiger partial charge >= 0.3 is 5.97 Å². The summed E-state index contributed by atoms with van der Waals surface area (Å²) in [5.41, 5.74) is 7.01. The van der Waals surface area contributed by atoms with Gasteiger partial charge in [-0.05, 0) is 36.4 Å². The number of carboxylic acid groups (broad SMARTS) is 1. The molecule has 2 aromatic carbocycles. The Bertz CT molecular complexity index is 1230. The number of anilines is 1. The number of nitrogens with zero attached hydrogens (tertiary/aromatic N) is 3. The first kappa shape index (κ1) is 18.4. The highest BCUT2D eigenvalue weighted by molar-refractivity contribution is 5.88. The Labute approximate surface area is 163 Å². The van der Waals surface area contributed by atoms with Gasteiger partial charge in [-0.15, -0.1) is 0 Å². The molecule has 0 fully saturated rings. The fraction of sp³-hybridized carbons (Fsp3) is 0.0500. The van der Waals surface area contributed by atoms with Crippen LogP contribution >= 0.6 is 0 Å². The van der Waals surface area contributed by atoms with Crippen LogP contribution in [-0.2, 0) is 6.61 Å². The molecule has 0 radical (unpaired) electrons. The summed E-state index contributed by atoms with van der Waals surface area (Å²) in [6.07, 6.45) is 3.29. The van der Waals surface area contributed by atoms with Gasteiger partial charge in [0.15, 0.2) is 17.4 Å². The monoisotopic (exact) mass is 396 g/mol. The molecule has 4 aromatic rings. The van der Waals surface area contributed by atoms with Crippen LogP contribution in [0.2, 0.25) is 0 Å². The minimum atomic E-state index is -1.09. The van der Waals surface area contributed by atoms with Crippen molar-refractivity contribution in [2.75, 3.05) is 5.73 Å². The molecular formula is C20H14F2N4O3. The number of ether oxygens (including phenoxy) is 1. The molecule has 3 N–H and O–H groups in total. The normalized spacial score (nSPS) is 11.0. The molecule has 29 heavy (non-hydrogen) atoms. The number of fused-ring (bicyclic) bond motifs is 1. The fourth-order valence-corrected chi connectivity index (χ4v) is 2.94. The van der Waals surface area contributed by atoms with Crippen LogP contribution in [0.4, 0.5) is 14.6 Å². The van der Waals surface area contributed by atoms with Gasteiger partial charge in [0.25, 0.3) is 0 Å². The summed E-state index contributed by atoms with van der Waals surface area (Å²) in [5, 5.41) is 13.6. The van der Waals surface area contributed by atoms with E-state index in [1.54, 1.807) is 29.2 Å². The fourth-order valence-electron chi connectivity index (χ4n) is 2.94. The number of aromatic carboxylic acids is 1. The Morgan fingerprint density at radius 2 is 2.03 bits per heavy atom. The topological polar surface area (TPSA) is 103 Å². The van der Waals surface area contributed by atoms with Gasteiger partial charge in [0, 0.05) is 29.4 Å². The summed E-state index contributed by atoms with van der Waals surface area (Å²) in [4.78, 5) is 15.3. The van der Waals surface area contributed by atoms with Crippen molar-refractivity contribution in [2.24, 2.45) is 0 Å². The predicted octanol–water partition coefficient (Wildman–Crippen LogP) is 3.56. The quantitative estimate of drug-likeness (QED) is 0.535. The summed E-state index contributed by atoms with van der Waals surface area (Å²) >= 11 is 0. The Kier molecular flexibility index (Phi) is 4.55. The summed E-state index contributed by atoms with van der Waals surface area (Å²) in [6, 6.07) is 9.50. The molecule has 0 aliphatic carbocycles. The SMILES string of the molecule is Nc1nc2c(F)cc(F)cc2cc1OCc1cc(C(=O)O)ccc1-n1cccn1.